The number of rotatable bonds is 5. The molecular formula is C15H16N4O2. The highest BCUT2D eigenvalue weighted by Crippen LogP contribution is 2.17. The van der Waals surface area contributed by atoms with Crippen LogP contribution in [-0.2, 0) is 24.7 Å². The van der Waals surface area contributed by atoms with Crippen molar-refractivity contribution in [2.75, 3.05) is 6.54 Å². The Morgan fingerprint density at radius 1 is 1.38 bits per heavy atom. The van der Waals surface area contributed by atoms with Crippen LogP contribution in [0.3, 0.4) is 0 Å². The van der Waals surface area contributed by atoms with Crippen LogP contribution in [0.25, 0.3) is 11.0 Å². The first kappa shape index (κ1) is 13.4. The van der Waals surface area contributed by atoms with Gasteiger partial charge in [0.2, 0.25) is 5.91 Å². The van der Waals surface area contributed by atoms with Gasteiger partial charge in [-0.1, -0.05) is 17.3 Å². The molecule has 2 heterocycles. The highest BCUT2D eigenvalue weighted by Gasteiger charge is 2.11. The molecule has 0 aliphatic rings. The second-order valence-corrected chi connectivity index (χ2v) is 4.92. The van der Waals surface area contributed by atoms with E-state index in [9.17, 15) is 4.79 Å². The van der Waals surface area contributed by atoms with Crippen molar-refractivity contribution in [1.29, 1.82) is 0 Å². The average molecular weight is 284 g/mol. The molecular weight excluding hydrogens is 268 g/mol. The van der Waals surface area contributed by atoms with E-state index in [1.54, 1.807) is 10.9 Å². The predicted molar refractivity (Wildman–Crippen MR) is 77.6 cm³/mol. The number of benzene rings is 1. The number of carbonyl (C=O) groups is 1. The number of hydrogen-bond acceptors (Lipinski definition) is 4. The Bertz CT molecular complexity index is 760. The van der Waals surface area contributed by atoms with Crippen molar-refractivity contribution < 1.29 is 9.32 Å². The van der Waals surface area contributed by atoms with Crippen molar-refractivity contribution in [3.05, 3.63) is 47.9 Å². The maximum Gasteiger partial charge on any atom is 0.226 e. The van der Waals surface area contributed by atoms with E-state index in [0.29, 0.717) is 17.8 Å². The fourth-order valence-corrected chi connectivity index (χ4v) is 2.23. The fraction of sp³-hybridized carbons (Fsp3) is 0.267. The molecule has 1 N–H and O–H groups in total. The van der Waals surface area contributed by atoms with Crippen molar-refractivity contribution in [1.82, 2.24) is 20.3 Å². The summed E-state index contributed by atoms with van der Waals surface area (Å²) in [5, 5.41) is 11.8. The van der Waals surface area contributed by atoms with Crippen LogP contribution in [0, 0.1) is 0 Å². The fourth-order valence-electron chi connectivity index (χ4n) is 2.23. The van der Waals surface area contributed by atoms with Crippen molar-refractivity contribution >= 4 is 16.9 Å². The zero-order valence-electron chi connectivity index (χ0n) is 11.7. The molecule has 0 aliphatic carbocycles. The third-order valence-corrected chi connectivity index (χ3v) is 3.27. The molecule has 1 aromatic carbocycles. The molecule has 108 valence electrons. The Labute approximate surface area is 121 Å². The SMILES string of the molecule is Cn1cc(CCNC(=O)Cc2noc3ccccc23)cn1. The van der Waals surface area contributed by atoms with Crippen LogP contribution in [0.1, 0.15) is 11.3 Å². The van der Waals surface area contributed by atoms with Gasteiger partial charge in [-0.15, -0.1) is 0 Å². The first-order valence-corrected chi connectivity index (χ1v) is 6.80. The molecule has 0 fully saturated rings. The molecule has 6 heteroatoms. The number of carbonyl (C=O) groups excluding carboxylic acids is 1. The Morgan fingerprint density at radius 3 is 3.05 bits per heavy atom. The smallest absolute Gasteiger partial charge is 0.226 e. The lowest BCUT2D eigenvalue weighted by atomic mass is 10.1. The zero-order valence-corrected chi connectivity index (χ0v) is 11.7. The van der Waals surface area contributed by atoms with E-state index < -0.39 is 0 Å². The molecule has 21 heavy (non-hydrogen) atoms. The van der Waals surface area contributed by atoms with Gasteiger partial charge in [0.15, 0.2) is 5.58 Å². The Hall–Kier alpha value is -2.63. The van der Waals surface area contributed by atoms with Gasteiger partial charge in [0, 0.05) is 25.2 Å². The van der Waals surface area contributed by atoms with E-state index in [1.165, 1.54) is 0 Å². The molecule has 3 rings (SSSR count). The van der Waals surface area contributed by atoms with Gasteiger partial charge in [-0.05, 0) is 24.1 Å². The molecule has 2 aromatic heterocycles. The maximum atomic E-state index is 11.9. The molecule has 0 bridgehead atoms. The minimum Gasteiger partial charge on any atom is -0.356 e. The summed E-state index contributed by atoms with van der Waals surface area (Å²) in [5.41, 5.74) is 2.48. The number of hydrogen-bond donors (Lipinski definition) is 1. The van der Waals surface area contributed by atoms with Crippen LogP contribution in [0.4, 0.5) is 0 Å². The van der Waals surface area contributed by atoms with Crippen LogP contribution in [0.5, 0.6) is 0 Å². The number of aromatic nitrogens is 3. The summed E-state index contributed by atoms with van der Waals surface area (Å²) in [6.45, 7) is 0.584. The van der Waals surface area contributed by atoms with E-state index >= 15 is 0 Å². The Kier molecular flexibility index (Phi) is 3.68. The lowest BCUT2D eigenvalue weighted by Crippen LogP contribution is -2.27. The molecule has 0 unspecified atom stereocenters. The molecule has 6 nitrogen and oxygen atoms in total. The van der Waals surface area contributed by atoms with Gasteiger partial charge in [0.05, 0.1) is 12.6 Å². The summed E-state index contributed by atoms with van der Waals surface area (Å²) in [5.74, 6) is -0.0575. The predicted octanol–water partition coefficient (Wildman–Crippen LogP) is 1.46. The van der Waals surface area contributed by atoms with E-state index in [-0.39, 0.29) is 12.3 Å². The zero-order chi connectivity index (χ0) is 14.7. The lowest BCUT2D eigenvalue weighted by Gasteiger charge is -2.02. The molecule has 1 amide bonds. The standard InChI is InChI=1S/C15H16N4O2/c1-19-10-11(9-17-19)6-7-16-15(20)8-13-12-4-2-3-5-14(12)21-18-13/h2-5,9-10H,6-8H2,1H3,(H,16,20). The number of fused-ring (bicyclic) bond motifs is 1. The summed E-state index contributed by atoms with van der Waals surface area (Å²) < 4.78 is 6.93. The molecule has 0 atom stereocenters. The van der Waals surface area contributed by atoms with Gasteiger partial charge < -0.3 is 9.84 Å². The first-order chi connectivity index (χ1) is 10.2. The van der Waals surface area contributed by atoms with Crippen LogP contribution in [-0.4, -0.2) is 27.4 Å². The topological polar surface area (TPSA) is 73.0 Å². The van der Waals surface area contributed by atoms with Crippen LogP contribution >= 0.6 is 0 Å². The van der Waals surface area contributed by atoms with Crippen LogP contribution in [0.15, 0.2) is 41.2 Å². The maximum absolute atomic E-state index is 11.9. The first-order valence-electron chi connectivity index (χ1n) is 6.80. The molecule has 0 radical (unpaired) electrons. The second kappa shape index (κ2) is 5.78. The van der Waals surface area contributed by atoms with Crippen molar-refractivity contribution in [2.24, 2.45) is 7.05 Å². The van der Waals surface area contributed by atoms with Gasteiger partial charge in [-0.2, -0.15) is 5.10 Å². The molecule has 0 saturated heterocycles. The van der Waals surface area contributed by atoms with Crippen molar-refractivity contribution in [2.45, 2.75) is 12.8 Å². The number of amides is 1. The monoisotopic (exact) mass is 284 g/mol. The van der Waals surface area contributed by atoms with Gasteiger partial charge in [0.25, 0.3) is 0 Å². The average Bonchev–Trinajstić information content (AvgIpc) is 3.06. The van der Waals surface area contributed by atoms with Gasteiger partial charge in [0.1, 0.15) is 5.69 Å². The van der Waals surface area contributed by atoms with E-state index in [4.69, 9.17) is 4.52 Å². The highest BCUT2D eigenvalue weighted by atomic mass is 16.5. The molecule has 0 aliphatic heterocycles. The van der Waals surface area contributed by atoms with Gasteiger partial charge in [-0.3, -0.25) is 9.48 Å². The summed E-state index contributed by atoms with van der Waals surface area (Å²) in [4.78, 5) is 11.9. The molecule has 3 aromatic rings. The number of para-hydroxylation sites is 1. The summed E-state index contributed by atoms with van der Waals surface area (Å²) >= 11 is 0. The normalized spacial score (nSPS) is 10.9. The van der Waals surface area contributed by atoms with Crippen LogP contribution < -0.4 is 5.32 Å². The number of nitrogens with one attached hydrogen (secondary N) is 1. The Balaban J connectivity index is 1.54. The lowest BCUT2D eigenvalue weighted by molar-refractivity contribution is -0.120. The van der Waals surface area contributed by atoms with Gasteiger partial charge in [-0.25, -0.2) is 0 Å². The van der Waals surface area contributed by atoms with Gasteiger partial charge >= 0.3 is 0 Å². The summed E-state index contributed by atoms with van der Waals surface area (Å²) in [7, 11) is 1.87. The van der Waals surface area contributed by atoms with Crippen molar-refractivity contribution in [3.63, 3.8) is 0 Å². The van der Waals surface area contributed by atoms with Crippen molar-refractivity contribution in [3.8, 4) is 0 Å². The molecule has 0 saturated carbocycles. The Morgan fingerprint density at radius 2 is 2.24 bits per heavy atom. The van der Waals surface area contributed by atoms with E-state index in [0.717, 1.165) is 17.4 Å². The highest BCUT2D eigenvalue weighted by molar-refractivity contribution is 5.86. The quantitative estimate of drug-likeness (QED) is 0.770. The third-order valence-electron chi connectivity index (χ3n) is 3.27. The third kappa shape index (κ3) is 3.10. The van der Waals surface area contributed by atoms with E-state index in [1.807, 2.05) is 37.5 Å². The largest absolute Gasteiger partial charge is 0.356 e. The minimum absolute atomic E-state index is 0.0575. The van der Waals surface area contributed by atoms with Crippen LogP contribution in [0.2, 0.25) is 0 Å². The summed E-state index contributed by atoms with van der Waals surface area (Å²) in [6.07, 6.45) is 4.73. The molecule has 0 spiro atoms. The minimum atomic E-state index is -0.0575. The second-order valence-electron chi connectivity index (χ2n) is 4.92. The number of nitrogens with zero attached hydrogens (tertiary/aromatic N) is 3. The number of aryl methyl sites for hydroxylation is 1. The van der Waals surface area contributed by atoms with E-state index in [2.05, 4.69) is 15.6 Å². The summed E-state index contributed by atoms with van der Waals surface area (Å²) in [6, 6.07) is 7.53.